The summed E-state index contributed by atoms with van der Waals surface area (Å²) in [6, 6.07) is 5.04. The summed E-state index contributed by atoms with van der Waals surface area (Å²) >= 11 is 0. The number of nitrogens with one attached hydrogen (secondary N) is 2. The molecule has 1 aromatic carbocycles. The minimum Gasteiger partial charge on any atom is -0.384 e. The number of benzene rings is 1. The van der Waals surface area contributed by atoms with Crippen LogP contribution in [0.15, 0.2) is 35.5 Å². The highest BCUT2D eigenvalue weighted by Gasteiger charge is 2.18. The molecule has 2 N–H and O–H groups in total. The second-order valence-corrected chi connectivity index (χ2v) is 7.48. The topological polar surface area (TPSA) is 79.3 Å². The molecule has 0 aliphatic carbocycles. The number of aryl methyl sites for hydroxylation is 1. The first-order valence-electron chi connectivity index (χ1n) is 7.36. The summed E-state index contributed by atoms with van der Waals surface area (Å²) in [7, 11) is 1.50. The van der Waals surface area contributed by atoms with Gasteiger partial charge in [-0.1, -0.05) is 0 Å². The van der Waals surface area contributed by atoms with Gasteiger partial charge in [0.1, 0.15) is 5.82 Å². The van der Waals surface area contributed by atoms with Gasteiger partial charge in [-0.2, -0.15) is 0 Å². The molecule has 0 aliphatic rings. The van der Waals surface area contributed by atoms with Gasteiger partial charge in [-0.3, -0.25) is 0 Å². The Bertz CT molecular complexity index is 768. The third-order valence-electron chi connectivity index (χ3n) is 3.49. The highest BCUT2D eigenvalue weighted by atomic mass is 32.2. The first-order chi connectivity index (χ1) is 10.9. The fourth-order valence-electron chi connectivity index (χ4n) is 2.13. The van der Waals surface area contributed by atoms with Crippen molar-refractivity contribution in [3.8, 4) is 0 Å². The van der Waals surface area contributed by atoms with Crippen LogP contribution >= 0.6 is 0 Å². The number of rotatable bonds is 7. The maximum Gasteiger partial charge on any atom is 0.242 e. The number of anilines is 2. The molecular weight excluding hydrogens is 314 g/mol. The Morgan fingerprint density at radius 1 is 1.22 bits per heavy atom. The average molecular weight is 337 g/mol. The van der Waals surface area contributed by atoms with E-state index in [2.05, 4.69) is 15.6 Å². The SMILES string of the molecule is CCNc1ccc(S(=O)(=O)N(C)C)cc1NCc1nccn1C. The van der Waals surface area contributed by atoms with Crippen LogP contribution in [-0.4, -0.2) is 42.9 Å². The van der Waals surface area contributed by atoms with Gasteiger partial charge in [0.05, 0.1) is 22.8 Å². The van der Waals surface area contributed by atoms with Crippen LogP contribution in [-0.2, 0) is 23.6 Å². The first-order valence-corrected chi connectivity index (χ1v) is 8.80. The lowest BCUT2D eigenvalue weighted by atomic mass is 10.2. The molecule has 0 radical (unpaired) electrons. The molecule has 0 saturated heterocycles. The number of aromatic nitrogens is 2. The van der Waals surface area contributed by atoms with Crippen molar-refractivity contribution in [1.29, 1.82) is 0 Å². The van der Waals surface area contributed by atoms with E-state index < -0.39 is 10.0 Å². The smallest absolute Gasteiger partial charge is 0.242 e. The van der Waals surface area contributed by atoms with Gasteiger partial charge in [0.25, 0.3) is 0 Å². The number of imidazole rings is 1. The summed E-state index contributed by atoms with van der Waals surface area (Å²) in [5, 5.41) is 6.49. The van der Waals surface area contributed by atoms with Gasteiger partial charge < -0.3 is 15.2 Å². The molecule has 0 saturated carbocycles. The van der Waals surface area contributed by atoms with Crippen LogP contribution < -0.4 is 10.6 Å². The second kappa shape index (κ2) is 7.01. The fraction of sp³-hybridized carbons (Fsp3) is 0.400. The molecular formula is C15H23N5O2S. The molecule has 1 heterocycles. The van der Waals surface area contributed by atoms with E-state index >= 15 is 0 Å². The van der Waals surface area contributed by atoms with E-state index in [1.54, 1.807) is 24.4 Å². The van der Waals surface area contributed by atoms with Crippen molar-refractivity contribution in [2.75, 3.05) is 31.3 Å². The molecule has 8 heteroatoms. The predicted molar refractivity (Wildman–Crippen MR) is 92.0 cm³/mol. The fourth-order valence-corrected chi connectivity index (χ4v) is 3.06. The van der Waals surface area contributed by atoms with Crippen molar-refractivity contribution in [1.82, 2.24) is 13.9 Å². The maximum absolute atomic E-state index is 12.3. The number of sulfonamides is 1. The molecule has 0 spiro atoms. The summed E-state index contributed by atoms with van der Waals surface area (Å²) in [6.07, 6.45) is 3.60. The van der Waals surface area contributed by atoms with Crippen LogP contribution in [0, 0.1) is 0 Å². The van der Waals surface area contributed by atoms with Gasteiger partial charge in [0, 0.05) is 40.1 Å². The number of hydrogen-bond acceptors (Lipinski definition) is 5. The lowest BCUT2D eigenvalue weighted by Gasteiger charge is -2.17. The molecule has 0 atom stereocenters. The van der Waals surface area contributed by atoms with Crippen molar-refractivity contribution in [3.05, 3.63) is 36.4 Å². The van der Waals surface area contributed by atoms with Gasteiger partial charge in [-0.25, -0.2) is 17.7 Å². The van der Waals surface area contributed by atoms with Crippen molar-refractivity contribution in [2.24, 2.45) is 7.05 Å². The normalized spacial score (nSPS) is 11.7. The molecule has 2 rings (SSSR count). The summed E-state index contributed by atoms with van der Waals surface area (Å²) in [6.45, 7) is 3.25. The van der Waals surface area contributed by atoms with Gasteiger partial charge in [-0.05, 0) is 25.1 Å². The summed E-state index contributed by atoms with van der Waals surface area (Å²) in [4.78, 5) is 4.52. The lowest BCUT2D eigenvalue weighted by Crippen LogP contribution is -2.22. The lowest BCUT2D eigenvalue weighted by molar-refractivity contribution is 0.521. The molecule has 2 aromatic rings. The van der Waals surface area contributed by atoms with Crippen LogP contribution in [0.1, 0.15) is 12.7 Å². The molecule has 23 heavy (non-hydrogen) atoms. The quantitative estimate of drug-likeness (QED) is 0.804. The van der Waals surface area contributed by atoms with E-state index in [9.17, 15) is 8.42 Å². The van der Waals surface area contributed by atoms with Crippen molar-refractivity contribution < 1.29 is 8.42 Å². The van der Waals surface area contributed by atoms with Gasteiger partial charge in [0.15, 0.2) is 0 Å². The summed E-state index contributed by atoms with van der Waals surface area (Å²) in [5.74, 6) is 0.869. The summed E-state index contributed by atoms with van der Waals surface area (Å²) in [5.41, 5.74) is 1.59. The van der Waals surface area contributed by atoms with Crippen molar-refractivity contribution >= 4 is 21.4 Å². The Labute approximate surface area is 137 Å². The minimum absolute atomic E-state index is 0.256. The van der Waals surface area contributed by atoms with E-state index in [0.29, 0.717) is 6.54 Å². The Hall–Kier alpha value is -2.06. The van der Waals surface area contributed by atoms with Crippen LogP contribution in [0.4, 0.5) is 11.4 Å². The third-order valence-corrected chi connectivity index (χ3v) is 5.31. The Balaban J connectivity index is 2.32. The van der Waals surface area contributed by atoms with E-state index in [4.69, 9.17) is 0 Å². The zero-order chi connectivity index (χ0) is 17.0. The maximum atomic E-state index is 12.3. The predicted octanol–water partition coefficient (Wildman–Crippen LogP) is 1.71. The zero-order valence-electron chi connectivity index (χ0n) is 13.9. The van der Waals surface area contributed by atoms with Crippen LogP contribution in [0.3, 0.4) is 0 Å². The molecule has 0 amide bonds. The Kier molecular flexibility index (Phi) is 5.27. The van der Waals surface area contributed by atoms with Crippen molar-refractivity contribution in [3.63, 3.8) is 0 Å². The van der Waals surface area contributed by atoms with Crippen LogP contribution in [0.2, 0.25) is 0 Å². The molecule has 0 bridgehead atoms. The monoisotopic (exact) mass is 337 g/mol. The van der Waals surface area contributed by atoms with E-state index in [1.807, 2.05) is 24.7 Å². The minimum atomic E-state index is -3.47. The van der Waals surface area contributed by atoms with E-state index in [0.717, 1.165) is 23.7 Å². The average Bonchev–Trinajstić information content (AvgIpc) is 2.91. The van der Waals surface area contributed by atoms with Gasteiger partial charge >= 0.3 is 0 Å². The first kappa shape index (κ1) is 17.3. The van der Waals surface area contributed by atoms with Crippen LogP contribution in [0.25, 0.3) is 0 Å². The Morgan fingerprint density at radius 2 is 1.96 bits per heavy atom. The van der Waals surface area contributed by atoms with E-state index in [-0.39, 0.29) is 4.90 Å². The van der Waals surface area contributed by atoms with Crippen LogP contribution in [0.5, 0.6) is 0 Å². The number of nitrogens with zero attached hydrogens (tertiary/aromatic N) is 3. The largest absolute Gasteiger partial charge is 0.384 e. The highest BCUT2D eigenvalue weighted by molar-refractivity contribution is 7.89. The van der Waals surface area contributed by atoms with E-state index in [1.165, 1.54) is 18.4 Å². The van der Waals surface area contributed by atoms with Gasteiger partial charge in [-0.15, -0.1) is 0 Å². The molecule has 0 fully saturated rings. The third kappa shape index (κ3) is 3.83. The van der Waals surface area contributed by atoms with Gasteiger partial charge in [0.2, 0.25) is 10.0 Å². The number of hydrogen-bond donors (Lipinski definition) is 2. The zero-order valence-corrected chi connectivity index (χ0v) is 14.7. The summed E-state index contributed by atoms with van der Waals surface area (Å²) < 4.78 is 27.7. The Morgan fingerprint density at radius 3 is 2.52 bits per heavy atom. The molecule has 0 unspecified atom stereocenters. The highest BCUT2D eigenvalue weighted by Crippen LogP contribution is 2.27. The molecule has 126 valence electrons. The van der Waals surface area contributed by atoms with Crippen molar-refractivity contribution in [2.45, 2.75) is 18.4 Å². The second-order valence-electron chi connectivity index (χ2n) is 5.33. The standard InChI is InChI=1S/C15H23N5O2S/c1-5-16-13-7-6-12(23(21,22)19(2)3)10-14(13)18-11-15-17-8-9-20(15)4/h6-10,16,18H,5,11H2,1-4H3. The molecule has 7 nitrogen and oxygen atoms in total. The molecule has 1 aromatic heterocycles. The molecule has 0 aliphatic heterocycles.